The van der Waals surface area contributed by atoms with Gasteiger partial charge in [0.25, 0.3) is 0 Å². The van der Waals surface area contributed by atoms with Crippen molar-refractivity contribution < 1.29 is 38.1 Å². The van der Waals surface area contributed by atoms with E-state index in [-0.39, 0.29) is 24.0 Å². The molecule has 0 radical (unpaired) electrons. The number of nitrogens with one attached hydrogen (secondary N) is 2. The minimum absolute atomic E-state index is 0.118. The van der Waals surface area contributed by atoms with Crippen LogP contribution in [0, 0.1) is 46.3 Å². The number of carbonyl (C=O) groups is 4. The second-order valence-corrected chi connectivity index (χ2v) is 24.7. The molecule has 3 saturated carbocycles. The van der Waals surface area contributed by atoms with Crippen LogP contribution in [-0.4, -0.2) is 103 Å². The van der Waals surface area contributed by atoms with Crippen molar-refractivity contribution in [2.45, 2.75) is 216 Å². The number of amides is 3. The van der Waals surface area contributed by atoms with Crippen molar-refractivity contribution in [3.63, 3.8) is 0 Å². The van der Waals surface area contributed by atoms with Gasteiger partial charge in [-0.25, -0.2) is 14.4 Å². The van der Waals surface area contributed by atoms with Gasteiger partial charge < -0.3 is 34.5 Å². The van der Waals surface area contributed by atoms with Crippen molar-refractivity contribution >= 4 is 24.2 Å². The minimum Gasteiger partial charge on any atom is -0.461 e. The molecule has 0 aromatic heterocycles. The van der Waals surface area contributed by atoms with Crippen molar-refractivity contribution in [1.82, 2.24) is 20.4 Å². The molecule has 8 atom stereocenters. The Morgan fingerprint density at radius 3 is 1.88 bits per heavy atom. The number of hydrogen-bond acceptors (Lipinski definition) is 9. The lowest BCUT2D eigenvalue weighted by atomic mass is 9.47. The Morgan fingerprint density at radius 2 is 1.27 bits per heavy atom. The van der Waals surface area contributed by atoms with E-state index in [1.54, 1.807) is 4.90 Å². The summed E-state index contributed by atoms with van der Waals surface area (Å²) < 4.78 is 22.8. The molecule has 4 aliphatic carbocycles. The van der Waals surface area contributed by atoms with Gasteiger partial charge in [0.2, 0.25) is 0 Å². The Labute approximate surface area is 401 Å². The maximum absolute atomic E-state index is 13.8. The maximum Gasteiger partial charge on any atom is 0.410 e. The maximum atomic E-state index is 13.8. The van der Waals surface area contributed by atoms with E-state index in [1.165, 1.54) is 56.9 Å². The molecule has 4 rings (SSSR count). The van der Waals surface area contributed by atoms with E-state index in [9.17, 15) is 19.2 Å². The number of hydrogen-bond donors (Lipinski definition) is 2. The molecular formula is C54H96N4O8. The molecule has 0 aromatic rings. The van der Waals surface area contributed by atoms with Crippen LogP contribution in [0.1, 0.15) is 193 Å². The lowest BCUT2D eigenvalue weighted by Crippen LogP contribution is -2.51. The van der Waals surface area contributed by atoms with Gasteiger partial charge >= 0.3 is 24.2 Å². The number of rotatable bonds is 21. The van der Waals surface area contributed by atoms with E-state index in [1.807, 2.05) is 62.3 Å². The largest absolute Gasteiger partial charge is 0.461 e. The summed E-state index contributed by atoms with van der Waals surface area (Å²) in [6, 6.07) is 0. The minimum atomic E-state index is -0.649. The summed E-state index contributed by atoms with van der Waals surface area (Å²) in [5.74, 6) is 4.53. The summed E-state index contributed by atoms with van der Waals surface area (Å²) in [5, 5.41) is 5.62. The second kappa shape index (κ2) is 24.0. The van der Waals surface area contributed by atoms with E-state index in [0.29, 0.717) is 69.9 Å². The Bertz CT molecular complexity index is 1610. The van der Waals surface area contributed by atoms with Crippen molar-refractivity contribution in [3.8, 4) is 0 Å². The zero-order chi connectivity index (χ0) is 49.1. The first-order chi connectivity index (χ1) is 30.7. The lowest BCUT2D eigenvalue weighted by molar-refractivity contribution is -0.153. The van der Waals surface area contributed by atoms with Crippen LogP contribution in [0.25, 0.3) is 0 Å². The number of unbranched alkanes of at least 4 members (excludes halogenated alkanes) is 1. The van der Waals surface area contributed by atoms with Gasteiger partial charge in [-0.05, 0) is 186 Å². The zero-order valence-corrected chi connectivity index (χ0v) is 44.3. The fourth-order valence-electron chi connectivity index (χ4n) is 12.3. The number of allylic oxidation sites excluding steroid dienone is 1. The van der Waals surface area contributed by atoms with Gasteiger partial charge in [-0.2, -0.15) is 0 Å². The molecule has 4 aliphatic rings. The van der Waals surface area contributed by atoms with Gasteiger partial charge in [0.1, 0.15) is 22.9 Å². The molecule has 3 fully saturated rings. The standard InChI is InChI=1S/C54H96N4O8/c1-38(2)20-17-21-39(3)43-24-25-44-42-23-22-40-36-41(26-28-53(40,13)45(42)27-29-54(43,44)14)63-46(59)37-57(33-18-30-55-47(60)64-50(4,5)6)32-15-16-34-58(49(62)66-52(10,11)12)35-19-31-56-48(61)65-51(7,8)9/h22,38-39,41-45H,15-21,23-37H2,1-14H3,(H,55,60)(H,56,61)/t39-,41+,42+,43-,44+,45+,53+,54-/m1/s1. The molecule has 0 bridgehead atoms. The van der Waals surface area contributed by atoms with Crippen LogP contribution < -0.4 is 10.6 Å². The highest BCUT2D eigenvalue weighted by atomic mass is 16.6. The summed E-state index contributed by atoms with van der Waals surface area (Å²) in [4.78, 5) is 55.4. The highest BCUT2D eigenvalue weighted by Gasteiger charge is 2.59. The zero-order valence-electron chi connectivity index (χ0n) is 44.3. The van der Waals surface area contributed by atoms with E-state index in [0.717, 1.165) is 55.3 Å². The molecule has 0 unspecified atom stereocenters. The number of esters is 1. The first kappa shape index (κ1) is 55.6. The van der Waals surface area contributed by atoms with Gasteiger partial charge in [0.05, 0.1) is 6.54 Å². The molecule has 0 saturated heterocycles. The third-order valence-electron chi connectivity index (χ3n) is 15.3. The SMILES string of the molecule is CC(C)CCC[C@@H](C)[C@H]1CC[C@H]2[C@@H]3CC=C4C[C@@H](OC(=O)CN(CCCCN(CCCNC(=O)OC(C)(C)C)C(=O)OC(C)(C)C)CCCNC(=O)OC(C)(C)C)CC[C@]4(C)[C@H]3CC[C@]12C. The van der Waals surface area contributed by atoms with Crippen molar-refractivity contribution in [3.05, 3.63) is 11.6 Å². The quantitative estimate of drug-likeness (QED) is 0.0499. The smallest absolute Gasteiger partial charge is 0.410 e. The number of alkyl carbamates (subject to hydrolysis) is 2. The Morgan fingerprint density at radius 1 is 0.697 bits per heavy atom. The van der Waals surface area contributed by atoms with Gasteiger partial charge in [0.15, 0.2) is 0 Å². The highest BCUT2D eigenvalue weighted by molar-refractivity contribution is 5.72. The number of nitrogens with zero attached hydrogens (tertiary/aromatic N) is 2. The molecule has 0 aliphatic heterocycles. The molecule has 0 aromatic carbocycles. The molecule has 380 valence electrons. The molecule has 12 nitrogen and oxygen atoms in total. The van der Waals surface area contributed by atoms with Gasteiger partial charge in [-0.1, -0.05) is 65.5 Å². The van der Waals surface area contributed by atoms with Crippen molar-refractivity contribution in [2.75, 3.05) is 45.8 Å². The molecule has 12 heteroatoms. The van der Waals surface area contributed by atoms with E-state index in [2.05, 4.69) is 56.2 Å². The van der Waals surface area contributed by atoms with E-state index in [4.69, 9.17) is 18.9 Å². The van der Waals surface area contributed by atoms with Crippen LogP contribution in [0.2, 0.25) is 0 Å². The van der Waals surface area contributed by atoms with Crippen molar-refractivity contribution in [1.29, 1.82) is 0 Å². The number of carbonyl (C=O) groups excluding carboxylic acids is 4. The van der Waals surface area contributed by atoms with Crippen LogP contribution in [0.3, 0.4) is 0 Å². The van der Waals surface area contributed by atoms with Crippen LogP contribution >= 0.6 is 0 Å². The predicted octanol–water partition coefficient (Wildman–Crippen LogP) is 12.1. The van der Waals surface area contributed by atoms with Gasteiger partial charge in [-0.15, -0.1) is 0 Å². The number of ether oxygens (including phenoxy) is 4. The molecular weight excluding hydrogens is 833 g/mol. The molecule has 66 heavy (non-hydrogen) atoms. The summed E-state index contributed by atoms with van der Waals surface area (Å²) in [5.41, 5.74) is 0.339. The molecule has 0 heterocycles. The summed E-state index contributed by atoms with van der Waals surface area (Å²) >= 11 is 0. The second-order valence-electron chi connectivity index (χ2n) is 24.7. The summed E-state index contributed by atoms with van der Waals surface area (Å²) in [6.45, 7) is 32.0. The van der Waals surface area contributed by atoms with E-state index < -0.39 is 35.1 Å². The highest BCUT2D eigenvalue weighted by Crippen LogP contribution is 2.67. The average Bonchev–Trinajstić information content (AvgIpc) is 3.54. The summed E-state index contributed by atoms with van der Waals surface area (Å²) in [7, 11) is 0. The third-order valence-corrected chi connectivity index (χ3v) is 15.3. The topological polar surface area (TPSA) is 136 Å². The Balaban J connectivity index is 1.33. The lowest BCUT2D eigenvalue weighted by Gasteiger charge is -2.58. The fourth-order valence-corrected chi connectivity index (χ4v) is 12.3. The van der Waals surface area contributed by atoms with Crippen LogP contribution in [0.15, 0.2) is 11.6 Å². The monoisotopic (exact) mass is 929 g/mol. The Kier molecular flexibility index (Phi) is 20.2. The van der Waals surface area contributed by atoms with Gasteiger partial charge in [0, 0.05) is 39.1 Å². The first-order valence-corrected chi connectivity index (χ1v) is 26.2. The van der Waals surface area contributed by atoms with Crippen molar-refractivity contribution in [2.24, 2.45) is 46.3 Å². The predicted molar refractivity (Wildman–Crippen MR) is 264 cm³/mol. The van der Waals surface area contributed by atoms with Crippen LogP contribution in [0.4, 0.5) is 14.4 Å². The molecule has 0 spiro atoms. The average molecular weight is 929 g/mol. The fraction of sp³-hybridized carbons (Fsp3) is 0.889. The van der Waals surface area contributed by atoms with Gasteiger partial charge in [-0.3, -0.25) is 9.69 Å². The first-order valence-electron chi connectivity index (χ1n) is 26.2. The van der Waals surface area contributed by atoms with Crippen LogP contribution in [0.5, 0.6) is 0 Å². The normalized spacial score (nSPS) is 26.9. The third kappa shape index (κ3) is 17.2. The van der Waals surface area contributed by atoms with E-state index >= 15 is 0 Å². The molecule has 3 amide bonds. The summed E-state index contributed by atoms with van der Waals surface area (Å²) in [6.07, 6.45) is 17.2. The van der Waals surface area contributed by atoms with Crippen LogP contribution in [-0.2, 0) is 23.7 Å². The molecule has 2 N–H and O–H groups in total. The number of fused-ring (bicyclic) bond motifs is 5. The Hall–Kier alpha value is -3.02.